The Morgan fingerprint density at radius 2 is 2.30 bits per heavy atom. The van der Waals surface area contributed by atoms with Crippen molar-refractivity contribution in [3.63, 3.8) is 0 Å². The number of nitrogens with one attached hydrogen (secondary N) is 1. The van der Waals surface area contributed by atoms with Crippen molar-refractivity contribution in [3.05, 3.63) is 23.7 Å². The Morgan fingerprint density at radius 1 is 1.45 bits per heavy atom. The second-order valence-corrected chi connectivity index (χ2v) is 7.87. The van der Waals surface area contributed by atoms with Crippen LogP contribution in [0.5, 0.6) is 0 Å². The molecule has 108 valence electrons. The van der Waals surface area contributed by atoms with Gasteiger partial charge in [0.2, 0.25) is 10.0 Å². The Hall–Kier alpha value is -1.18. The van der Waals surface area contributed by atoms with Crippen LogP contribution < -0.4 is 9.62 Å². The molecule has 0 aliphatic carbocycles. The maximum absolute atomic E-state index is 11.4. The van der Waals surface area contributed by atoms with Crippen molar-refractivity contribution in [3.8, 4) is 0 Å². The lowest BCUT2D eigenvalue weighted by molar-refractivity contribution is 0.466. The molecule has 1 N–H and O–H groups in total. The van der Waals surface area contributed by atoms with Crippen molar-refractivity contribution in [2.45, 2.75) is 18.9 Å². The van der Waals surface area contributed by atoms with E-state index in [4.69, 9.17) is 0 Å². The number of anilines is 1. The number of thiophene rings is 1. The fraction of sp³-hybridized carbons (Fsp3) is 0.462. The first kappa shape index (κ1) is 13.8. The smallest absolute Gasteiger partial charge is 0.209 e. The van der Waals surface area contributed by atoms with Crippen LogP contribution >= 0.6 is 11.3 Å². The molecule has 1 aliphatic rings. The monoisotopic (exact) mass is 311 g/mol. The number of aromatic nitrogens is 1. The first-order valence-electron chi connectivity index (χ1n) is 6.57. The highest BCUT2D eigenvalue weighted by atomic mass is 32.2. The molecule has 1 fully saturated rings. The summed E-state index contributed by atoms with van der Waals surface area (Å²) in [7, 11) is -3.16. The van der Waals surface area contributed by atoms with Crippen LogP contribution in [0.3, 0.4) is 0 Å². The normalized spacial score (nSPS) is 20.4. The minimum atomic E-state index is -3.16. The van der Waals surface area contributed by atoms with Crippen molar-refractivity contribution in [1.82, 2.24) is 9.71 Å². The van der Waals surface area contributed by atoms with E-state index in [2.05, 4.69) is 26.1 Å². The van der Waals surface area contributed by atoms with E-state index in [1.165, 1.54) is 11.0 Å². The predicted octanol–water partition coefficient (Wildman–Crippen LogP) is 1.81. The molecule has 3 rings (SSSR count). The molecule has 20 heavy (non-hydrogen) atoms. The molecule has 2 aromatic rings. The molecule has 0 spiro atoms. The van der Waals surface area contributed by atoms with Gasteiger partial charge in [-0.05, 0) is 30.4 Å². The molecule has 3 heterocycles. The summed E-state index contributed by atoms with van der Waals surface area (Å²) in [5.74, 6) is 0.962. The number of piperidine rings is 1. The van der Waals surface area contributed by atoms with Gasteiger partial charge in [-0.2, -0.15) is 0 Å². The molecule has 0 amide bonds. The van der Waals surface area contributed by atoms with Crippen molar-refractivity contribution in [2.75, 3.05) is 24.2 Å². The lowest BCUT2D eigenvalue weighted by atomic mass is 10.1. The third kappa shape index (κ3) is 2.94. The largest absolute Gasteiger partial charge is 0.354 e. The molecule has 1 unspecified atom stereocenters. The zero-order valence-corrected chi connectivity index (χ0v) is 12.9. The summed E-state index contributed by atoms with van der Waals surface area (Å²) < 4.78 is 26.7. The molecule has 7 heteroatoms. The van der Waals surface area contributed by atoms with E-state index < -0.39 is 10.0 Å². The van der Waals surface area contributed by atoms with Crippen LogP contribution in [-0.2, 0) is 10.0 Å². The minimum absolute atomic E-state index is 0.0329. The zero-order valence-electron chi connectivity index (χ0n) is 11.2. The number of fused-ring (bicyclic) bond motifs is 1. The Bertz CT molecular complexity index is 711. The molecule has 0 bridgehead atoms. The van der Waals surface area contributed by atoms with E-state index in [0.29, 0.717) is 6.54 Å². The molecule has 5 nitrogen and oxygen atoms in total. The molecule has 1 aliphatic heterocycles. The summed E-state index contributed by atoms with van der Waals surface area (Å²) in [4.78, 5) is 6.67. The van der Waals surface area contributed by atoms with Gasteiger partial charge in [-0.25, -0.2) is 18.1 Å². The Labute approximate surface area is 122 Å². The maximum atomic E-state index is 11.4. The van der Waals surface area contributed by atoms with Crippen LogP contribution in [0.15, 0.2) is 23.7 Å². The van der Waals surface area contributed by atoms with E-state index in [1.54, 1.807) is 11.3 Å². The minimum Gasteiger partial charge on any atom is -0.354 e. The summed E-state index contributed by atoms with van der Waals surface area (Å²) in [6, 6.07) is 4.06. The SMILES string of the molecule is CS(=O)(=O)NC1CCCN(c2nccc3sccc23)C1. The van der Waals surface area contributed by atoms with Crippen LogP contribution in [0.2, 0.25) is 0 Å². The molecule has 1 atom stereocenters. The summed E-state index contributed by atoms with van der Waals surface area (Å²) >= 11 is 1.70. The highest BCUT2D eigenvalue weighted by Gasteiger charge is 2.24. The fourth-order valence-electron chi connectivity index (χ4n) is 2.70. The maximum Gasteiger partial charge on any atom is 0.209 e. The predicted molar refractivity (Wildman–Crippen MR) is 82.8 cm³/mol. The number of hydrogen-bond acceptors (Lipinski definition) is 5. The second kappa shape index (κ2) is 5.31. The van der Waals surface area contributed by atoms with Gasteiger partial charge in [-0.3, -0.25) is 0 Å². The van der Waals surface area contributed by atoms with Gasteiger partial charge in [0, 0.05) is 35.4 Å². The van der Waals surface area contributed by atoms with E-state index in [1.807, 2.05) is 12.3 Å². The van der Waals surface area contributed by atoms with Crippen LogP contribution in [-0.4, -0.2) is 38.8 Å². The van der Waals surface area contributed by atoms with E-state index >= 15 is 0 Å². The van der Waals surface area contributed by atoms with Gasteiger partial charge in [-0.15, -0.1) is 11.3 Å². The van der Waals surface area contributed by atoms with Gasteiger partial charge in [0.1, 0.15) is 5.82 Å². The average Bonchev–Trinajstić information content (AvgIpc) is 2.85. The molecule has 0 radical (unpaired) electrons. The summed E-state index contributed by atoms with van der Waals surface area (Å²) in [6.45, 7) is 1.60. The molecular weight excluding hydrogens is 294 g/mol. The standard InChI is InChI=1S/C13H17N3O2S2/c1-20(17,18)15-10-3-2-7-16(9-10)13-11-5-8-19-12(11)4-6-14-13/h4-6,8,10,15H,2-3,7,9H2,1H3. The Balaban J connectivity index is 1.85. The lowest BCUT2D eigenvalue weighted by Gasteiger charge is -2.33. The average molecular weight is 311 g/mol. The second-order valence-electron chi connectivity index (χ2n) is 5.14. The van der Waals surface area contributed by atoms with Gasteiger partial charge >= 0.3 is 0 Å². The number of sulfonamides is 1. The van der Waals surface area contributed by atoms with Crippen molar-refractivity contribution in [2.24, 2.45) is 0 Å². The number of rotatable bonds is 3. The first-order chi connectivity index (χ1) is 9.53. The van der Waals surface area contributed by atoms with Crippen LogP contribution in [0.4, 0.5) is 5.82 Å². The number of pyridine rings is 1. The first-order valence-corrected chi connectivity index (χ1v) is 9.34. The van der Waals surface area contributed by atoms with Gasteiger partial charge in [0.05, 0.1) is 6.26 Å². The highest BCUT2D eigenvalue weighted by Crippen LogP contribution is 2.30. The molecule has 0 saturated carbocycles. The van der Waals surface area contributed by atoms with E-state index in [0.717, 1.165) is 30.6 Å². The summed E-state index contributed by atoms with van der Waals surface area (Å²) in [5, 5.41) is 3.21. The molecule has 2 aromatic heterocycles. The Kier molecular flexibility index (Phi) is 3.66. The van der Waals surface area contributed by atoms with E-state index in [-0.39, 0.29) is 6.04 Å². The Morgan fingerprint density at radius 3 is 3.10 bits per heavy atom. The molecule has 1 saturated heterocycles. The quantitative estimate of drug-likeness (QED) is 0.939. The van der Waals surface area contributed by atoms with E-state index in [9.17, 15) is 8.42 Å². The topological polar surface area (TPSA) is 62.3 Å². The van der Waals surface area contributed by atoms with Gasteiger partial charge in [0.15, 0.2) is 0 Å². The molecule has 0 aromatic carbocycles. The number of nitrogens with zero attached hydrogens (tertiary/aromatic N) is 2. The number of hydrogen-bond donors (Lipinski definition) is 1. The van der Waals surface area contributed by atoms with Gasteiger partial charge < -0.3 is 4.90 Å². The van der Waals surface area contributed by atoms with Gasteiger partial charge in [-0.1, -0.05) is 0 Å². The van der Waals surface area contributed by atoms with Crippen molar-refractivity contribution >= 4 is 37.3 Å². The van der Waals surface area contributed by atoms with Crippen molar-refractivity contribution < 1.29 is 8.42 Å². The third-order valence-corrected chi connectivity index (χ3v) is 5.10. The van der Waals surface area contributed by atoms with Crippen LogP contribution in [0, 0.1) is 0 Å². The van der Waals surface area contributed by atoms with Crippen LogP contribution in [0.1, 0.15) is 12.8 Å². The highest BCUT2D eigenvalue weighted by molar-refractivity contribution is 7.88. The lowest BCUT2D eigenvalue weighted by Crippen LogP contribution is -2.47. The fourth-order valence-corrected chi connectivity index (χ4v) is 4.27. The summed E-state index contributed by atoms with van der Waals surface area (Å²) in [6.07, 6.45) is 4.88. The van der Waals surface area contributed by atoms with Crippen molar-refractivity contribution in [1.29, 1.82) is 0 Å². The van der Waals surface area contributed by atoms with Crippen LogP contribution in [0.25, 0.3) is 10.1 Å². The summed E-state index contributed by atoms with van der Waals surface area (Å²) in [5.41, 5.74) is 0. The zero-order chi connectivity index (χ0) is 14.2. The third-order valence-electron chi connectivity index (χ3n) is 3.46. The van der Waals surface area contributed by atoms with Gasteiger partial charge in [0.25, 0.3) is 0 Å². The molecular formula is C13H17N3O2S2.